The van der Waals surface area contributed by atoms with Crippen molar-refractivity contribution in [2.45, 2.75) is 78.0 Å². The van der Waals surface area contributed by atoms with Crippen LogP contribution in [0.25, 0.3) is 0 Å². The van der Waals surface area contributed by atoms with Crippen molar-refractivity contribution in [1.82, 2.24) is 19.6 Å². The van der Waals surface area contributed by atoms with Crippen LogP contribution in [0.2, 0.25) is 0 Å². The van der Waals surface area contributed by atoms with Crippen LogP contribution < -0.4 is 0 Å². The lowest BCUT2D eigenvalue weighted by Crippen LogP contribution is -2.44. The molecular formula is C20H32N4O3. The van der Waals surface area contributed by atoms with Crippen LogP contribution in [0.1, 0.15) is 75.1 Å². The fourth-order valence-electron chi connectivity index (χ4n) is 4.07. The van der Waals surface area contributed by atoms with Crippen LogP contribution in [-0.2, 0) is 24.8 Å². The van der Waals surface area contributed by atoms with Crippen molar-refractivity contribution in [2.24, 2.45) is 7.05 Å². The number of carbonyl (C=O) groups excluding carboxylic acids is 2. The minimum Gasteiger partial charge on any atom is -0.444 e. The molecule has 1 aromatic rings. The Morgan fingerprint density at radius 2 is 1.96 bits per heavy atom. The van der Waals surface area contributed by atoms with Gasteiger partial charge in [-0.3, -0.25) is 9.48 Å². The van der Waals surface area contributed by atoms with Gasteiger partial charge >= 0.3 is 6.09 Å². The third-order valence-corrected chi connectivity index (χ3v) is 5.46. The van der Waals surface area contributed by atoms with Crippen LogP contribution in [0.15, 0.2) is 0 Å². The van der Waals surface area contributed by atoms with Crippen molar-refractivity contribution in [2.75, 3.05) is 13.1 Å². The van der Waals surface area contributed by atoms with E-state index in [9.17, 15) is 9.59 Å². The average molecular weight is 377 g/mol. The predicted octanol–water partition coefficient (Wildman–Crippen LogP) is 3.12. The van der Waals surface area contributed by atoms with Crippen LogP contribution in [0, 0.1) is 0 Å². The van der Waals surface area contributed by atoms with Crippen molar-refractivity contribution in [3.8, 4) is 0 Å². The first-order valence-electron chi connectivity index (χ1n) is 10.0. The molecule has 27 heavy (non-hydrogen) atoms. The largest absolute Gasteiger partial charge is 0.444 e. The van der Waals surface area contributed by atoms with Crippen molar-refractivity contribution >= 4 is 12.0 Å². The van der Waals surface area contributed by atoms with E-state index in [1.807, 2.05) is 32.7 Å². The zero-order chi connectivity index (χ0) is 19.8. The Labute approximate surface area is 161 Å². The first kappa shape index (κ1) is 19.7. The minimum absolute atomic E-state index is 0.00411. The number of nitrogens with zero attached hydrogens (tertiary/aromatic N) is 4. The molecule has 1 aromatic heterocycles. The quantitative estimate of drug-likeness (QED) is 0.795. The molecule has 0 aliphatic carbocycles. The molecule has 0 bridgehead atoms. The van der Waals surface area contributed by atoms with Crippen molar-refractivity contribution < 1.29 is 14.3 Å². The molecule has 2 aliphatic heterocycles. The summed E-state index contributed by atoms with van der Waals surface area (Å²) >= 11 is 0. The maximum Gasteiger partial charge on any atom is 0.410 e. The molecular weight excluding hydrogens is 344 g/mol. The van der Waals surface area contributed by atoms with Crippen LogP contribution in [0.5, 0.6) is 0 Å². The lowest BCUT2D eigenvalue weighted by molar-refractivity contribution is 0.0220. The van der Waals surface area contributed by atoms with Gasteiger partial charge in [-0.25, -0.2) is 4.79 Å². The molecule has 7 nitrogen and oxygen atoms in total. The van der Waals surface area contributed by atoms with E-state index < -0.39 is 5.60 Å². The van der Waals surface area contributed by atoms with Gasteiger partial charge in [-0.05, 0) is 46.5 Å². The summed E-state index contributed by atoms with van der Waals surface area (Å²) in [6, 6.07) is 0.287. The van der Waals surface area contributed by atoms with Gasteiger partial charge in [0.25, 0.3) is 5.91 Å². The summed E-state index contributed by atoms with van der Waals surface area (Å²) in [4.78, 5) is 29.4. The number of hydrogen-bond acceptors (Lipinski definition) is 4. The number of aromatic nitrogens is 2. The molecule has 1 saturated heterocycles. The van der Waals surface area contributed by atoms with Gasteiger partial charge in [0.05, 0.1) is 6.54 Å². The van der Waals surface area contributed by atoms with Gasteiger partial charge in [-0.15, -0.1) is 0 Å². The molecule has 1 atom stereocenters. The van der Waals surface area contributed by atoms with Crippen molar-refractivity contribution in [3.63, 3.8) is 0 Å². The zero-order valence-electron chi connectivity index (χ0n) is 17.2. The normalized spacial score (nSPS) is 20.4. The summed E-state index contributed by atoms with van der Waals surface area (Å²) in [6.07, 6.45) is 4.59. The summed E-state index contributed by atoms with van der Waals surface area (Å²) in [5, 5.41) is 4.55. The van der Waals surface area contributed by atoms with Crippen molar-refractivity contribution in [1.29, 1.82) is 0 Å². The lowest BCUT2D eigenvalue weighted by Gasteiger charge is -2.35. The molecule has 1 unspecified atom stereocenters. The number of hydrogen-bond donors (Lipinski definition) is 0. The third-order valence-electron chi connectivity index (χ3n) is 5.46. The van der Waals surface area contributed by atoms with Gasteiger partial charge < -0.3 is 14.5 Å². The summed E-state index contributed by atoms with van der Waals surface area (Å²) in [5.74, 6) is 0.00411. The highest BCUT2D eigenvalue weighted by Gasteiger charge is 2.34. The molecule has 2 amide bonds. The van der Waals surface area contributed by atoms with E-state index in [2.05, 4.69) is 12.0 Å². The van der Waals surface area contributed by atoms with Crippen LogP contribution in [0.4, 0.5) is 4.79 Å². The summed E-state index contributed by atoms with van der Waals surface area (Å²) < 4.78 is 7.32. The Morgan fingerprint density at radius 1 is 1.22 bits per heavy atom. The SMILES string of the molecule is CCC1CCCCN1C(=O)c1nn(C)c2c1CN(C(=O)OC(C)(C)C)CC2. The Kier molecular flexibility index (Phi) is 5.49. The van der Waals surface area contributed by atoms with Gasteiger partial charge in [0.2, 0.25) is 0 Å². The second kappa shape index (κ2) is 7.52. The fraction of sp³-hybridized carbons (Fsp3) is 0.750. The van der Waals surface area contributed by atoms with E-state index in [4.69, 9.17) is 4.74 Å². The number of carbonyl (C=O) groups is 2. The van der Waals surface area contributed by atoms with Gasteiger partial charge in [0.15, 0.2) is 5.69 Å². The highest BCUT2D eigenvalue weighted by molar-refractivity contribution is 5.94. The van der Waals surface area contributed by atoms with Crippen molar-refractivity contribution in [3.05, 3.63) is 17.0 Å². The van der Waals surface area contributed by atoms with Gasteiger partial charge in [-0.2, -0.15) is 5.10 Å². The number of ether oxygens (including phenoxy) is 1. The molecule has 0 radical (unpaired) electrons. The van der Waals surface area contributed by atoms with E-state index in [1.54, 1.807) is 9.58 Å². The Morgan fingerprint density at radius 3 is 2.63 bits per heavy atom. The van der Waals surface area contributed by atoms with Gasteiger partial charge in [0, 0.05) is 43.9 Å². The van der Waals surface area contributed by atoms with E-state index in [0.29, 0.717) is 25.2 Å². The number of aryl methyl sites for hydroxylation is 1. The summed E-state index contributed by atoms with van der Waals surface area (Å²) in [7, 11) is 1.88. The number of piperidine rings is 1. The highest BCUT2D eigenvalue weighted by Crippen LogP contribution is 2.27. The molecule has 0 saturated carbocycles. The van der Waals surface area contributed by atoms with Crippen LogP contribution >= 0.6 is 0 Å². The average Bonchev–Trinajstić information content (AvgIpc) is 2.96. The smallest absolute Gasteiger partial charge is 0.410 e. The van der Waals surface area contributed by atoms with Gasteiger partial charge in [-0.1, -0.05) is 6.92 Å². The Balaban J connectivity index is 1.84. The standard InChI is InChI=1S/C20H32N4O3/c1-6-14-9-7-8-11-24(14)18(25)17-15-13-23(19(26)27-20(2,3)4)12-10-16(15)22(5)21-17/h14H,6-13H2,1-5H3. The number of likely N-dealkylation sites (tertiary alicyclic amines) is 1. The molecule has 1 fully saturated rings. The number of rotatable bonds is 2. The fourth-order valence-corrected chi connectivity index (χ4v) is 4.07. The maximum absolute atomic E-state index is 13.3. The third kappa shape index (κ3) is 4.12. The van der Waals surface area contributed by atoms with E-state index in [-0.39, 0.29) is 18.0 Å². The molecule has 3 heterocycles. The lowest BCUT2D eigenvalue weighted by atomic mass is 9.98. The summed E-state index contributed by atoms with van der Waals surface area (Å²) in [5.41, 5.74) is 1.89. The molecule has 2 aliphatic rings. The second-order valence-electron chi connectivity index (χ2n) is 8.61. The topological polar surface area (TPSA) is 67.7 Å². The highest BCUT2D eigenvalue weighted by atomic mass is 16.6. The molecule has 0 aromatic carbocycles. The first-order valence-corrected chi connectivity index (χ1v) is 10.0. The van der Waals surface area contributed by atoms with Crippen LogP contribution in [-0.4, -0.2) is 56.3 Å². The van der Waals surface area contributed by atoms with E-state index in [1.165, 1.54) is 6.42 Å². The summed E-state index contributed by atoms with van der Waals surface area (Å²) in [6.45, 7) is 9.47. The number of amides is 2. The second-order valence-corrected chi connectivity index (χ2v) is 8.61. The monoisotopic (exact) mass is 376 g/mol. The van der Waals surface area contributed by atoms with Crippen LogP contribution in [0.3, 0.4) is 0 Å². The maximum atomic E-state index is 13.3. The molecule has 0 spiro atoms. The Bertz CT molecular complexity index is 720. The van der Waals surface area contributed by atoms with Gasteiger partial charge in [0.1, 0.15) is 5.60 Å². The zero-order valence-corrected chi connectivity index (χ0v) is 17.2. The molecule has 0 N–H and O–H groups in total. The Hall–Kier alpha value is -2.05. The minimum atomic E-state index is -0.535. The number of fused-ring (bicyclic) bond motifs is 1. The first-order chi connectivity index (χ1) is 12.7. The molecule has 3 rings (SSSR count). The molecule has 150 valence electrons. The predicted molar refractivity (Wildman–Crippen MR) is 103 cm³/mol. The van der Waals surface area contributed by atoms with E-state index >= 15 is 0 Å². The van der Waals surface area contributed by atoms with E-state index in [0.717, 1.165) is 37.1 Å². The molecule has 7 heteroatoms.